The summed E-state index contributed by atoms with van der Waals surface area (Å²) in [6.45, 7) is 3.02. The number of benzene rings is 2. The van der Waals surface area contributed by atoms with Gasteiger partial charge in [-0.25, -0.2) is 0 Å². The first-order chi connectivity index (χ1) is 9.33. The number of nitrogens with zero attached hydrogens (tertiary/aromatic N) is 1. The number of hydrogen-bond acceptors (Lipinski definition) is 2. The maximum atomic E-state index is 10.4. The van der Waals surface area contributed by atoms with Crippen LogP contribution in [0.4, 0.5) is 0 Å². The van der Waals surface area contributed by atoms with Gasteiger partial charge < -0.3 is 10.0 Å². The van der Waals surface area contributed by atoms with Gasteiger partial charge in [-0.15, -0.1) is 0 Å². The summed E-state index contributed by atoms with van der Waals surface area (Å²) in [5.41, 5.74) is 1.03. The monoisotopic (exact) mass is 255 g/mol. The van der Waals surface area contributed by atoms with Gasteiger partial charge in [0.1, 0.15) is 0 Å². The van der Waals surface area contributed by atoms with Crippen LogP contribution in [0.5, 0.6) is 0 Å². The number of fused-ring (bicyclic) bond motifs is 1. The Morgan fingerprint density at radius 3 is 2.47 bits per heavy atom. The first-order valence-corrected chi connectivity index (χ1v) is 7.22. The smallest absolute Gasteiger partial charge is 0.0917 e. The van der Waals surface area contributed by atoms with Crippen molar-refractivity contribution in [2.24, 2.45) is 0 Å². The molecule has 0 amide bonds. The SMILES string of the molecule is OC(CN1CCCCC1)c1ccc2ccccc2c1. The van der Waals surface area contributed by atoms with Crippen LogP contribution in [-0.4, -0.2) is 29.6 Å². The molecule has 2 aromatic rings. The molecule has 2 aromatic carbocycles. The Morgan fingerprint density at radius 1 is 0.947 bits per heavy atom. The Balaban J connectivity index is 1.75. The van der Waals surface area contributed by atoms with E-state index in [1.54, 1.807) is 0 Å². The average molecular weight is 255 g/mol. The van der Waals surface area contributed by atoms with Crippen molar-refractivity contribution >= 4 is 10.8 Å². The van der Waals surface area contributed by atoms with Crippen molar-refractivity contribution in [1.82, 2.24) is 4.90 Å². The van der Waals surface area contributed by atoms with Crippen LogP contribution in [0.2, 0.25) is 0 Å². The summed E-state index contributed by atoms with van der Waals surface area (Å²) < 4.78 is 0. The van der Waals surface area contributed by atoms with Crippen molar-refractivity contribution in [3.8, 4) is 0 Å². The Morgan fingerprint density at radius 2 is 1.68 bits per heavy atom. The maximum Gasteiger partial charge on any atom is 0.0917 e. The van der Waals surface area contributed by atoms with Crippen molar-refractivity contribution in [2.75, 3.05) is 19.6 Å². The molecule has 2 nitrogen and oxygen atoms in total. The Hall–Kier alpha value is -1.38. The van der Waals surface area contributed by atoms with Crippen LogP contribution in [0.1, 0.15) is 30.9 Å². The molecule has 0 radical (unpaired) electrons. The number of piperidine rings is 1. The second-order valence-electron chi connectivity index (χ2n) is 5.48. The molecular weight excluding hydrogens is 234 g/mol. The third-order valence-corrected chi connectivity index (χ3v) is 4.04. The number of β-amino-alcohol motifs (C(OH)–C–C–N with tert-alkyl or cyclic N) is 1. The van der Waals surface area contributed by atoms with Crippen molar-refractivity contribution in [2.45, 2.75) is 25.4 Å². The van der Waals surface area contributed by atoms with E-state index in [2.05, 4.69) is 35.2 Å². The predicted molar refractivity (Wildman–Crippen MR) is 79.2 cm³/mol. The third kappa shape index (κ3) is 2.96. The molecule has 1 N–H and O–H groups in total. The number of aliphatic hydroxyl groups is 1. The fraction of sp³-hybridized carbons (Fsp3) is 0.412. The fourth-order valence-corrected chi connectivity index (χ4v) is 2.91. The molecule has 0 saturated carbocycles. The molecule has 100 valence electrons. The van der Waals surface area contributed by atoms with Gasteiger partial charge in [0.15, 0.2) is 0 Å². The lowest BCUT2D eigenvalue weighted by Crippen LogP contribution is -2.33. The molecule has 1 fully saturated rings. The second-order valence-corrected chi connectivity index (χ2v) is 5.48. The van der Waals surface area contributed by atoms with Gasteiger partial charge in [-0.3, -0.25) is 0 Å². The van der Waals surface area contributed by atoms with E-state index in [4.69, 9.17) is 0 Å². The summed E-state index contributed by atoms with van der Waals surface area (Å²) in [7, 11) is 0. The highest BCUT2D eigenvalue weighted by molar-refractivity contribution is 5.83. The van der Waals surface area contributed by atoms with E-state index in [0.29, 0.717) is 0 Å². The van der Waals surface area contributed by atoms with Crippen molar-refractivity contribution < 1.29 is 5.11 Å². The van der Waals surface area contributed by atoms with Crippen LogP contribution >= 0.6 is 0 Å². The molecule has 1 atom stereocenters. The molecule has 0 aliphatic carbocycles. The van der Waals surface area contributed by atoms with Gasteiger partial charge in [-0.1, -0.05) is 42.8 Å². The quantitative estimate of drug-likeness (QED) is 0.909. The van der Waals surface area contributed by atoms with Crippen molar-refractivity contribution in [3.05, 3.63) is 48.0 Å². The summed E-state index contributed by atoms with van der Waals surface area (Å²) >= 11 is 0. The van der Waals surface area contributed by atoms with Crippen LogP contribution in [0.3, 0.4) is 0 Å². The Kier molecular flexibility index (Phi) is 3.81. The van der Waals surface area contributed by atoms with Gasteiger partial charge in [0.05, 0.1) is 6.10 Å². The van der Waals surface area contributed by atoms with Crippen molar-refractivity contribution in [3.63, 3.8) is 0 Å². The number of rotatable bonds is 3. The van der Waals surface area contributed by atoms with Crippen LogP contribution in [0.15, 0.2) is 42.5 Å². The van der Waals surface area contributed by atoms with Gasteiger partial charge >= 0.3 is 0 Å². The first kappa shape index (κ1) is 12.6. The fourth-order valence-electron chi connectivity index (χ4n) is 2.91. The number of aliphatic hydroxyl groups excluding tert-OH is 1. The normalized spacial score (nSPS) is 18.6. The molecule has 0 aromatic heterocycles. The van der Waals surface area contributed by atoms with E-state index in [9.17, 15) is 5.11 Å². The first-order valence-electron chi connectivity index (χ1n) is 7.22. The molecule has 1 unspecified atom stereocenters. The van der Waals surface area contributed by atoms with E-state index in [1.807, 2.05) is 12.1 Å². The lowest BCUT2D eigenvalue weighted by Gasteiger charge is -2.28. The van der Waals surface area contributed by atoms with Gasteiger partial charge in [-0.2, -0.15) is 0 Å². The molecule has 0 spiro atoms. The molecule has 2 heteroatoms. The minimum absolute atomic E-state index is 0.372. The topological polar surface area (TPSA) is 23.5 Å². The van der Waals surface area contributed by atoms with E-state index < -0.39 is 0 Å². The zero-order valence-corrected chi connectivity index (χ0v) is 11.3. The van der Waals surface area contributed by atoms with E-state index in [1.165, 1.54) is 30.0 Å². The maximum absolute atomic E-state index is 10.4. The highest BCUT2D eigenvalue weighted by Crippen LogP contribution is 2.22. The molecule has 0 bridgehead atoms. The predicted octanol–water partition coefficient (Wildman–Crippen LogP) is 3.36. The van der Waals surface area contributed by atoms with E-state index in [0.717, 1.165) is 25.2 Å². The van der Waals surface area contributed by atoms with Gasteiger partial charge in [0.25, 0.3) is 0 Å². The zero-order chi connectivity index (χ0) is 13.1. The molecule has 1 aliphatic heterocycles. The Labute approximate surface area is 114 Å². The molecule has 1 saturated heterocycles. The molecule has 3 rings (SSSR count). The average Bonchev–Trinajstić information content (AvgIpc) is 2.48. The molecule has 19 heavy (non-hydrogen) atoms. The van der Waals surface area contributed by atoms with Gasteiger partial charge in [0.2, 0.25) is 0 Å². The van der Waals surface area contributed by atoms with Crippen LogP contribution in [0, 0.1) is 0 Å². The van der Waals surface area contributed by atoms with Crippen LogP contribution in [-0.2, 0) is 0 Å². The van der Waals surface area contributed by atoms with E-state index >= 15 is 0 Å². The molecular formula is C17H21NO. The third-order valence-electron chi connectivity index (χ3n) is 4.04. The summed E-state index contributed by atoms with van der Waals surface area (Å²) in [6.07, 6.45) is 3.50. The van der Waals surface area contributed by atoms with Crippen LogP contribution in [0.25, 0.3) is 10.8 Å². The number of likely N-dealkylation sites (tertiary alicyclic amines) is 1. The zero-order valence-electron chi connectivity index (χ0n) is 11.3. The largest absolute Gasteiger partial charge is 0.387 e. The van der Waals surface area contributed by atoms with Crippen molar-refractivity contribution in [1.29, 1.82) is 0 Å². The second kappa shape index (κ2) is 5.72. The van der Waals surface area contributed by atoms with E-state index in [-0.39, 0.29) is 6.10 Å². The summed E-state index contributed by atoms with van der Waals surface area (Å²) in [5.74, 6) is 0. The summed E-state index contributed by atoms with van der Waals surface area (Å²) in [5, 5.41) is 12.8. The highest BCUT2D eigenvalue weighted by Gasteiger charge is 2.15. The van der Waals surface area contributed by atoms with Gasteiger partial charge in [0, 0.05) is 6.54 Å². The molecule has 1 aliphatic rings. The lowest BCUT2D eigenvalue weighted by molar-refractivity contribution is 0.102. The summed E-state index contributed by atoms with van der Waals surface area (Å²) in [6, 6.07) is 14.6. The minimum Gasteiger partial charge on any atom is -0.387 e. The number of hydrogen-bond donors (Lipinski definition) is 1. The summed E-state index contributed by atoms with van der Waals surface area (Å²) in [4.78, 5) is 2.38. The molecule has 1 heterocycles. The Bertz CT molecular complexity index is 546. The lowest BCUT2D eigenvalue weighted by atomic mass is 10.0. The van der Waals surface area contributed by atoms with Crippen LogP contribution < -0.4 is 0 Å². The standard InChI is InChI=1S/C17H21NO/c19-17(13-18-10-4-1-5-11-18)16-9-8-14-6-2-3-7-15(14)12-16/h2-3,6-9,12,17,19H,1,4-5,10-11,13H2. The highest BCUT2D eigenvalue weighted by atomic mass is 16.3. The minimum atomic E-state index is -0.372. The van der Waals surface area contributed by atoms with Gasteiger partial charge in [-0.05, 0) is 48.3 Å².